The molecular formula is C18H15FN4O. The quantitative estimate of drug-likeness (QED) is 0.622. The molecule has 3 N–H and O–H groups in total. The lowest BCUT2D eigenvalue weighted by Gasteiger charge is -2.05. The van der Waals surface area contributed by atoms with Crippen molar-refractivity contribution in [1.29, 1.82) is 5.53 Å². The predicted octanol–water partition coefficient (Wildman–Crippen LogP) is 4.42. The largest absolute Gasteiger partial charge is 0.360 e. The number of aryl methyl sites for hydroxylation is 1. The lowest BCUT2D eigenvalue weighted by Crippen LogP contribution is -2.11. The molecule has 3 rings (SSSR count). The first-order valence-corrected chi connectivity index (χ1v) is 7.30. The maximum atomic E-state index is 13.4. The van der Waals surface area contributed by atoms with Crippen LogP contribution in [-0.4, -0.2) is 4.98 Å². The molecule has 0 unspecified atom stereocenters. The maximum absolute atomic E-state index is 13.4. The summed E-state index contributed by atoms with van der Waals surface area (Å²) >= 11 is 0. The van der Waals surface area contributed by atoms with E-state index in [1.807, 2.05) is 31.2 Å². The third-order valence-corrected chi connectivity index (χ3v) is 3.63. The zero-order valence-electron chi connectivity index (χ0n) is 12.9. The minimum absolute atomic E-state index is 0.156. The monoisotopic (exact) mass is 322 g/mol. The summed E-state index contributed by atoms with van der Waals surface area (Å²) in [5.74, 6) is -0.397. The van der Waals surface area contributed by atoms with Crippen LogP contribution in [0.5, 0.6) is 0 Å². The molecule has 0 aliphatic heterocycles. The Kier molecular flexibility index (Phi) is 4.20. The minimum Gasteiger partial charge on any atom is -0.360 e. The zero-order chi connectivity index (χ0) is 17.1. The van der Waals surface area contributed by atoms with Crippen molar-refractivity contribution < 1.29 is 4.39 Å². The molecule has 0 radical (unpaired) electrons. The fourth-order valence-electron chi connectivity index (χ4n) is 2.34. The second-order valence-electron chi connectivity index (χ2n) is 5.40. The number of halogens is 1. The highest BCUT2D eigenvalue weighted by Crippen LogP contribution is 2.19. The van der Waals surface area contributed by atoms with E-state index in [9.17, 15) is 9.18 Å². The fraction of sp³-hybridized carbons (Fsp3) is 0.0556. The van der Waals surface area contributed by atoms with Crippen LogP contribution in [0.25, 0.3) is 16.6 Å². The van der Waals surface area contributed by atoms with Gasteiger partial charge in [-0.15, -0.1) is 0 Å². The molecule has 0 amide bonds. The van der Waals surface area contributed by atoms with Crippen LogP contribution in [0.15, 0.2) is 64.6 Å². The van der Waals surface area contributed by atoms with Gasteiger partial charge in [0, 0.05) is 22.8 Å². The Labute approximate surface area is 137 Å². The van der Waals surface area contributed by atoms with Gasteiger partial charge in [0.25, 0.3) is 5.56 Å². The van der Waals surface area contributed by atoms with E-state index >= 15 is 0 Å². The number of nitrogens with one attached hydrogen (secondary N) is 3. The van der Waals surface area contributed by atoms with Crippen molar-refractivity contribution in [3.63, 3.8) is 0 Å². The lowest BCUT2D eigenvalue weighted by molar-refractivity contribution is 0.629. The summed E-state index contributed by atoms with van der Waals surface area (Å²) in [6.07, 6.45) is 1.48. The first kappa shape index (κ1) is 15.6. The highest BCUT2D eigenvalue weighted by molar-refractivity contribution is 5.82. The normalized spacial score (nSPS) is 11.5. The Hall–Kier alpha value is -3.28. The Morgan fingerprint density at radius 3 is 2.67 bits per heavy atom. The number of benzene rings is 2. The van der Waals surface area contributed by atoms with Crippen LogP contribution in [0, 0.1) is 18.3 Å². The summed E-state index contributed by atoms with van der Waals surface area (Å²) in [4.78, 5) is 14.9. The van der Waals surface area contributed by atoms with Gasteiger partial charge in [-0.25, -0.2) is 9.92 Å². The van der Waals surface area contributed by atoms with E-state index < -0.39 is 5.82 Å². The average Bonchev–Trinajstić information content (AvgIpc) is 2.57. The van der Waals surface area contributed by atoms with Crippen molar-refractivity contribution >= 4 is 22.3 Å². The fourth-order valence-corrected chi connectivity index (χ4v) is 2.34. The zero-order valence-corrected chi connectivity index (χ0v) is 12.9. The van der Waals surface area contributed by atoms with Gasteiger partial charge in [-0.1, -0.05) is 17.7 Å². The van der Waals surface area contributed by atoms with E-state index in [0.29, 0.717) is 10.9 Å². The first-order chi connectivity index (χ1) is 11.6. The molecule has 2 aromatic carbocycles. The number of aromatic nitrogens is 1. The number of nitrogens with zero attached hydrogens (tertiary/aromatic N) is 1. The molecule has 0 saturated heterocycles. The number of hydrogen-bond acceptors (Lipinski definition) is 4. The van der Waals surface area contributed by atoms with Gasteiger partial charge in [0.05, 0.1) is 5.56 Å². The summed E-state index contributed by atoms with van der Waals surface area (Å²) in [7, 11) is 0. The van der Waals surface area contributed by atoms with E-state index in [1.54, 1.807) is 0 Å². The minimum atomic E-state index is -0.397. The molecule has 0 atom stereocenters. The Bertz CT molecular complexity index is 990. The first-order valence-electron chi connectivity index (χ1n) is 7.30. The lowest BCUT2D eigenvalue weighted by atomic mass is 10.1. The third kappa shape index (κ3) is 3.22. The van der Waals surface area contributed by atoms with Gasteiger partial charge in [-0.2, -0.15) is 5.11 Å². The molecule has 0 saturated carbocycles. The summed E-state index contributed by atoms with van der Waals surface area (Å²) < 4.78 is 13.4. The van der Waals surface area contributed by atoms with Crippen molar-refractivity contribution in [1.82, 2.24) is 4.98 Å². The van der Waals surface area contributed by atoms with Crippen molar-refractivity contribution in [2.24, 2.45) is 5.11 Å². The molecule has 5 nitrogen and oxygen atoms in total. The highest BCUT2D eigenvalue weighted by atomic mass is 19.1. The van der Waals surface area contributed by atoms with Crippen molar-refractivity contribution in [2.45, 2.75) is 6.92 Å². The molecule has 120 valence electrons. The van der Waals surface area contributed by atoms with Crippen molar-refractivity contribution in [2.75, 3.05) is 5.32 Å². The summed E-state index contributed by atoms with van der Waals surface area (Å²) in [5, 5.41) is 6.96. The summed E-state index contributed by atoms with van der Waals surface area (Å²) in [6, 6.07) is 13.3. The van der Waals surface area contributed by atoms with Gasteiger partial charge in [0.2, 0.25) is 0 Å². The molecule has 24 heavy (non-hydrogen) atoms. The van der Waals surface area contributed by atoms with E-state index in [2.05, 4.69) is 15.4 Å². The third-order valence-electron chi connectivity index (χ3n) is 3.63. The van der Waals surface area contributed by atoms with Crippen molar-refractivity contribution in [3.8, 4) is 0 Å². The van der Waals surface area contributed by atoms with Crippen LogP contribution >= 0.6 is 0 Å². The molecule has 6 heteroatoms. The van der Waals surface area contributed by atoms with Crippen LogP contribution in [0.4, 0.5) is 10.1 Å². The molecule has 1 heterocycles. The second-order valence-corrected chi connectivity index (χ2v) is 5.40. The smallest absolute Gasteiger partial charge is 0.258 e. The average molecular weight is 322 g/mol. The number of rotatable bonds is 4. The van der Waals surface area contributed by atoms with E-state index in [4.69, 9.17) is 5.53 Å². The Morgan fingerprint density at radius 1 is 1.21 bits per heavy atom. The van der Waals surface area contributed by atoms with Crippen LogP contribution in [0.1, 0.15) is 11.1 Å². The SMILES string of the molecule is Cc1ccc(N/C=C(\N=N)c2cc3cc(F)ccc3[nH]c2=O)cc1. The number of fused-ring (bicyclic) bond motifs is 1. The Balaban J connectivity index is 2.00. The van der Waals surface area contributed by atoms with Gasteiger partial charge in [0.15, 0.2) is 0 Å². The van der Waals surface area contributed by atoms with Gasteiger partial charge < -0.3 is 10.3 Å². The van der Waals surface area contributed by atoms with E-state index in [1.165, 1.54) is 30.5 Å². The number of H-pyrrole nitrogens is 1. The van der Waals surface area contributed by atoms with Gasteiger partial charge in [-0.3, -0.25) is 4.79 Å². The molecule has 0 aliphatic carbocycles. The number of hydrogen-bond donors (Lipinski definition) is 3. The topological polar surface area (TPSA) is 81.1 Å². The van der Waals surface area contributed by atoms with Crippen LogP contribution in [0.2, 0.25) is 0 Å². The van der Waals surface area contributed by atoms with Gasteiger partial charge in [-0.05, 0) is 43.3 Å². The standard InChI is InChI=1S/C18H15FN4O/c1-11-2-5-14(6-3-11)21-10-17(23-20)15-9-12-8-13(19)4-7-16(12)22-18(15)24/h2-10,20-21H,1H3,(H,22,24)/b17-10-,23-20?. The van der Waals surface area contributed by atoms with Crippen LogP contribution in [-0.2, 0) is 0 Å². The number of aromatic amines is 1. The van der Waals surface area contributed by atoms with Gasteiger partial charge >= 0.3 is 0 Å². The van der Waals surface area contributed by atoms with Crippen LogP contribution in [0.3, 0.4) is 0 Å². The number of anilines is 1. The molecule has 1 aromatic heterocycles. The Morgan fingerprint density at radius 2 is 1.96 bits per heavy atom. The summed E-state index contributed by atoms with van der Waals surface area (Å²) in [6.45, 7) is 1.98. The number of pyridine rings is 1. The predicted molar refractivity (Wildman–Crippen MR) is 92.5 cm³/mol. The second kappa shape index (κ2) is 6.45. The molecule has 0 aliphatic rings. The molecular weight excluding hydrogens is 307 g/mol. The van der Waals surface area contributed by atoms with Crippen LogP contribution < -0.4 is 10.9 Å². The van der Waals surface area contributed by atoms with E-state index in [0.717, 1.165) is 11.3 Å². The molecule has 0 bridgehead atoms. The highest BCUT2D eigenvalue weighted by Gasteiger charge is 2.09. The van der Waals surface area contributed by atoms with E-state index in [-0.39, 0.29) is 16.8 Å². The summed E-state index contributed by atoms with van der Waals surface area (Å²) in [5.41, 5.74) is 9.77. The van der Waals surface area contributed by atoms with Crippen molar-refractivity contribution in [3.05, 3.63) is 82.0 Å². The maximum Gasteiger partial charge on any atom is 0.258 e. The molecule has 3 aromatic rings. The molecule has 0 spiro atoms. The van der Waals surface area contributed by atoms with Gasteiger partial charge in [0.1, 0.15) is 11.5 Å². The molecule has 0 fully saturated rings.